The van der Waals surface area contributed by atoms with Gasteiger partial charge in [-0.2, -0.15) is 4.98 Å². The van der Waals surface area contributed by atoms with E-state index in [0.29, 0.717) is 17.3 Å². The van der Waals surface area contributed by atoms with Crippen molar-refractivity contribution in [2.24, 2.45) is 0 Å². The number of amides is 1. The smallest absolute Gasteiger partial charge is 0.251 e. The van der Waals surface area contributed by atoms with Crippen LogP contribution in [0.2, 0.25) is 0 Å². The van der Waals surface area contributed by atoms with E-state index in [1.54, 1.807) is 24.3 Å². The number of hydrogen-bond donors (Lipinski definition) is 3. The van der Waals surface area contributed by atoms with Crippen molar-refractivity contribution in [1.29, 1.82) is 0 Å². The van der Waals surface area contributed by atoms with Gasteiger partial charge in [0.25, 0.3) is 5.91 Å². The van der Waals surface area contributed by atoms with Crippen LogP contribution in [0.25, 0.3) is 0 Å². The quantitative estimate of drug-likeness (QED) is 0.494. The lowest BCUT2D eigenvalue weighted by Gasteiger charge is -2.34. The topological polar surface area (TPSA) is 85.4 Å². The number of piperazine rings is 1. The van der Waals surface area contributed by atoms with E-state index in [-0.39, 0.29) is 17.7 Å². The third kappa shape index (κ3) is 5.43. The lowest BCUT2D eigenvalue weighted by Crippen LogP contribution is -2.44. The maximum absolute atomic E-state index is 14.3. The summed E-state index contributed by atoms with van der Waals surface area (Å²) >= 11 is 0. The number of hydrogen-bond acceptors (Lipinski definition) is 7. The van der Waals surface area contributed by atoms with Gasteiger partial charge in [0.1, 0.15) is 0 Å². The molecule has 0 radical (unpaired) electrons. The van der Waals surface area contributed by atoms with Crippen LogP contribution in [0, 0.1) is 5.82 Å². The van der Waals surface area contributed by atoms with Crippen LogP contribution in [-0.4, -0.2) is 60.0 Å². The molecule has 0 bridgehead atoms. The molecule has 3 N–H and O–H groups in total. The molecule has 9 heteroatoms. The van der Waals surface area contributed by atoms with Crippen LogP contribution < -0.4 is 20.9 Å². The first-order chi connectivity index (χ1) is 16.5. The molecule has 8 nitrogen and oxygen atoms in total. The first-order valence-corrected chi connectivity index (χ1v) is 11.5. The minimum Gasteiger partial charge on any atom is -0.369 e. The Morgan fingerprint density at radius 3 is 2.26 bits per heavy atom. The summed E-state index contributed by atoms with van der Waals surface area (Å²) in [6.45, 7) is 4.11. The van der Waals surface area contributed by atoms with Crippen LogP contribution in [-0.2, 0) is 0 Å². The Bertz CT molecular complexity index is 1140. The minimum atomic E-state index is -0.563. The summed E-state index contributed by atoms with van der Waals surface area (Å²) in [6.07, 6.45) is 3.21. The van der Waals surface area contributed by atoms with Crippen molar-refractivity contribution in [3.05, 3.63) is 66.1 Å². The standard InChI is InChI=1S/C25H28FN7O/c1-32-12-14-33(15-13-32)21-10-8-20(9-11-21)30-25-27-16-22(26)23(31-25)28-18-4-2-17(3-5-18)24(34)29-19-6-7-19/h2-5,8-11,16,19H,6-7,12-15H2,1H3,(H,29,34)(H2,27,28,30,31). The van der Waals surface area contributed by atoms with Crippen LogP contribution in [0.1, 0.15) is 23.2 Å². The van der Waals surface area contributed by atoms with Crippen LogP contribution in [0.3, 0.4) is 0 Å². The summed E-state index contributed by atoms with van der Waals surface area (Å²) in [5, 5.41) is 9.05. The van der Waals surface area contributed by atoms with Gasteiger partial charge in [-0.1, -0.05) is 0 Å². The number of anilines is 5. The molecule has 2 aliphatic rings. The highest BCUT2D eigenvalue weighted by molar-refractivity contribution is 5.95. The molecule has 2 fully saturated rings. The number of rotatable bonds is 7. The molecule has 2 heterocycles. The monoisotopic (exact) mass is 461 g/mol. The third-order valence-corrected chi connectivity index (χ3v) is 6.06. The average Bonchev–Trinajstić information content (AvgIpc) is 3.67. The number of carbonyl (C=O) groups is 1. The van der Waals surface area contributed by atoms with E-state index in [1.165, 1.54) is 5.69 Å². The molecule has 0 unspecified atom stereocenters. The van der Waals surface area contributed by atoms with Gasteiger partial charge >= 0.3 is 0 Å². The maximum atomic E-state index is 14.3. The molecule has 2 aromatic carbocycles. The molecule has 34 heavy (non-hydrogen) atoms. The van der Waals surface area contributed by atoms with Crippen LogP contribution in [0.5, 0.6) is 0 Å². The third-order valence-electron chi connectivity index (χ3n) is 6.06. The van der Waals surface area contributed by atoms with E-state index in [0.717, 1.165) is 50.9 Å². The highest BCUT2D eigenvalue weighted by Crippen LogP contribution is 2.24. The van der Waals surface area contributed by atoms with Gasteiger partial charge in [-0.15, -0.1) is 0 Å². The van der Waals surface area contributed by atoms with Crippen molar-refractivity contribution >= 4 is 34.7 Å². The molecule has 1 aliphatic heterocycles. The van der Waals surface area contributed by atoms with E-state index in [4.69, 9.17) is 0 Å². The SMILES string of the molecule is CN1CCN(c2ccc(Nc3ncc(F)c(Nc4ccc(C(=O)NC5CC5)cc4)n3)cc2)CC1. The molecule has 0 spiro atoms. The molecule has 1 aromatic heterocycles. The Morgan fingerprint density at radius 1 is 0.941 bits per heavy atom. The zero-order valence-corrected chi connectivity index (χ0v) is 19.1. The zero-order valence-electron chi connectivity index (χ0n) is 19.1. The number of nitrogens with one attached hydrogen (secondary N) is 3. The molecule has 176 valence electrons. The van der Waals surface area contributed by atoms with Gasteiger partial charge < -0.3 is 25.8 Å². The highest BCUT2D eigenvalue weighted by Gasteiger charge is 2.23. The summed E-state index contributed by atoms with van der Waals surface area (Å²) < 4.78 is 14.3. The second kappa shape index (κ2) is 9.64. The predicted octanol–water partition coefficient (Wildman–Crippen LogP) is 3.75. The van der Waals surface area contributed by atoms with Crippen LogP contribution in [0.4, 0.5) is 33.2 Å². The molecular formula is C25H28FN7O. The second-order valence-corrected chi connectivity index (χ2v) is 8.80. The van der Waals surface area contributed by atoms with Crippen molar-refractivity contribution in [1.82, 2.24) is 20.2 Å². The van der Waals surface area contributed by atoms with Gasteiger partial charge in [0.05, 0.1) is 6.20 Å². The minimum absolute atomic E-state index is 0.0572. The summed E-state index contributed by atoms with van der Waals surface area (Å²) in [6, 6.07) is 15.3. The molecular weight excluding hydrogens is 433 g/mol. The van der Waals surface area contributed by atoms with Crippen molar-refractivity contribution in [3.8, 4) is 0 Å². The van der Waals surface area contributed by atoms with Crippen LogP contribution in [0.15, 0.2) is 54.7 Å². The number of nitrogens with zero attached hydrogens (tertiary/aromatic N) is 4. The van der Waals surface area contributed by atoms with Gasteiger partial charge in [-0.3, -0.25) is 4.79 Å². The fourth-order valence-electron chi connectivity index (χ4n) is 3.80. The zero-order chi connectivity index (χ0) is 23.5. The summed E-state index contributed by atoms with van der Waals surface area (Å²) in [7, 11) is 2.14. The highest BCUT2D eigenvalue weighted by atomic mass is 19.1. The molecule has 1 saturated carbocycles. The number of aromatic nitrogens is 2. The lowest BCUT2D eigenvalue weighted by molar-refractivity contribution is 0.0951. The molecule has 3 aromatic rings. The van der Waals surface area contributed by atoms with Gasteiger partial charge in [0, 0.05) is 54.8 Å². The van der Waals surface area contributed by atoms with Crippen molar-refractivity contribution in [2.75, 3.05) is 48.8 Å². The first-order valence-electron chi connectivity index (χ1n) is 11.5. The molecule has 1 amide bonds. The Kier molecular flexibility index (Phi) is 6.27. The largest absolute Gasteiger partial charge is 0.369 e. The predicted molar refractivity (Wildman–Crippen MR) is 132 cm³/mol. The Balaban J connectivity index is 1.22. The van der Waals surface area contributed by atoms with Crippen LogP contribution >= 0.6 is 0 Å². The molecule has 1 aliphatic carbocycles. The Morgan fingerprint density at radius 2 is 1.59 bits per heavy atom. The number of benzene rings is 2. The summed E-state index contributed by atoms with van der Waals surface area (Å²) in [4.78, 5) is 25.2. The van der Waals surface area contributed by atoms with Crippen molar-refractivity contribution < 1.29 is 9.18 Å². The fraction of sp³-hybridized carbons (Fsp3) is 0.320. The van der Waals surface area contributed by atoms with Gasteiger partial charge in [0.15, 0.2) is 11.6 Å². The van der Waals surface area contributed by atoms with Crippen molar-refractivity contribution in [3.63, 3.8) is 0 Å². The number of likely N-dealkylation sites (N-methyl/N-ethyl adjacent to an activating group) is 1. The van der Waals surface area contributed by atoms with E-state index in [2.05, 4.69) is 54.9 Å². The molecule has 5 rings (SSSR count). The normalized spacial score (nSPS) is 16.2. The molecule has 0 atom stereocenters. The van der Waals surface area contributed by atoms with Crippen molar-refractivity contribution in [2.45, 2.75) is 18.9 Å². The summed E-state index contributed by atoms with van der Waals surface area (Å²) in [5.41, 5.74) is 3.20. The average molecular weight is 462 g/mol. The lowest BCUT2D eigenvalue weighted by atomic mass is 10.2. The van der Waals surface area contributed by atoms with Gasteiger partial charge in [0.2, 0.25) is 5.95 Å². The number of carbonyl (C=O) groups excluding carboxylic acids is 1. The van der Waals surface area contributed by atoms with Gasteiger partial charge in [-0.05, 0) is 68.4 Å². The fourth-order valence-corrected chi connectivity index (χ4v) is 3.80. The Hall–Kier alpha value is -3.72. The summed E-state index contributed by atoms with van der Waals surface area (Å²) in [5.74, 6) is -0.308. The van der Waals surface area contributed by atoms with Gasteiger partial charge in [-0.25, -0.2) is 9.37 Å². The number of halogens is 1. The maximum Gasteiger partial charge on any atom is 0.251 e. The van der Waals surface area contributed by atoms with E-state index >= 15 is 0 Å². The first kappa shape index (κ1) is 22.1. The van der Waals surface area contributed by atoms with E-state index < -0.39 is 5.82 Å². The van der Waals surface area contributed by atoms with E-state index in [9.17, 15) is 9.18 Å². The second-order valence-electron chi connectivity index (χ2n) is 8.80. The molecule has 1 saturated heterocycles. The Labute approximate surface area is 198 Å². The van der Waals surface area contributed by atoms with E-state index in [1.807, 2.05) is 12.1 Å².